The molecular formula is C12H11I3N2O4. The van der Waals surface area contributed by atoms with Crippen LogP contribution >= 0.6 is 67.8 Å². The number of halogens is 3. The lowest BCUT2D eigenvalue weighted by atomic mass is 10.1. The second-order valence-corrected chi connectivity index (χ2v) is 7.19. The molecule has 0 atom stereocenters. The molecule has 0 saturated heterocycles. The van der Waals surface area contributed by atoms with Crippen molar-refractivity contribution in [3.8, 4) is 0 Å². The Morgan fingerprint density at radius 1 is 1.00 bits per heavy atom. The van der Waals surface area contributed by atoms with Crippen molar-refractivity contribution in [2.45, 2.75) is 20.3 Å². The van der Waals surface area contributed by atoms with E-state index in [0.29, 0.717) is 22.1 Å². The summed E-state index contributed by atoms with van der Waals surface area (Å²) in [4.78, 5) is 34.4. The predicted molar refractivity (Wildman–Crippen MR) is 105 cm³/mol. The van der Waals surface area contributed by atoms with Crippen molar-refractivity contribution in [3.05, 3.63) is 16.3 Å². The average Bonchev–Trinajstić information content (AvgIpc) is 2.38. The molecule has 0 fully saturated rings. The van der Waals surface area contributed by atoms with Crippen molar-refractivity contribution < 1.29 is 19.5 Å². The van der Waals surface area contributed by atoms with E-state index in [1.807, 2.05) is 67.8 Å². The molecule has 114 valence electrons. The number of nitrogens with one attached hydrogen (secondary N) is 2. The van der Waals surface area contributed by atoms with Gasteiger partial charge in [-0.05, 0) is 67.8 Å². The van der Waals surface area contributed by atoms with Gasteiger partial charge in [-0.3, -0.25) is 9.59 Å². The Balaban J connectivity index is 3.62. The van der Waals surface area contributed by atoms with Gasteiger partial charge in [0.1, 0.15) is 0 Å². The lowest BCUT2D eigenvalue weighted by Crippen LogP contribution is -2.18. The van der Waals surface area contributed by atoms with Crippen LogP contribution in [0.4, 0.5) is 11.4 Å². The highest BCUT2D eigenvalue weighted by atomic mass is 127. The molecule has 9 heteroatoms. The van der Waals surface area contributed by atoms with Gasteiger partial charge in [0.2, 0.25) is 11.8 Å². The Labute approximate surface area is 162 Å². The molecule has 0 unspecified atom stereocenters. The summed E-state index contributed by atoms with van der Waals surface area (Å²) in [7, 11) is 0. The maximum atomic E-state index is 11.6. The van der Waals surface area contributed by atoms with Crippen molar-refractivity contribution in [1.29, 1.82) is 0 Å². The van der Waals surface area contributed by atoms with Gasteiger partial charge in [-0.1, -0.05) is 6.92 Å². The van der Waals surface area contributed by atoms with Crippen molar-refractivity contribution in [3.63, 3.8) is 0 Å². The minimum atomic E-state index is -1.11. The summed E-state index contributed by atoms with van der Waals surface area (Å²) in [6, 6.07) is 0. The van der Waals surface area contributed by atoms with Gasteiger partial charge >= 0.3 is 5.97 Å². The molecule has 0 aromatic heterocycles. The molecule has 1 aromatic carbocycles. The van der Waals surface area contributed by atoms with Crippen LogP contribution in [0.1, 0.15) is 30.6 Å². The van der Waals surface area contributed by atoms with E-state index in [9.17, 15) is 19.5 Å². The minimum absolute atomic E-state index is 0.0618. The van der Waals surface area contributed by atoms with Crippen LogP contribution in [0, 0.1) is 10.7 Å². The third-order valence-electron chi connectivity index (χ3n) is 2.42. The fourth-order valence-corrected chi connectivity index (χ4v) is 5.64. The van der Waals surface area contributed by atoms with Crippen LogP contribution in [-0.4, -0.2) is 22.9 Å². The Bertz CT molecular complexity index is 632. The van der Waals surface area contributed by atoms with Crippen LogP contribution in [-0.2, 0) is 9.59 Å². The zero-order chi connectivity index (χ0) is 16.3. The summed E-state index contributed by atoms with van der Waals surface area (Å²) in [5.74, 6) is -1.65. The number of rotatable bonds is 4. The number of amides is 2. The Kier molecular flexibility index (Phi) is 7.09. The topological polar surface area (TPSA) is 95.5 Å². The molecule has 3 N–H and O–H groups in total. The highest BCUT2D eigenvalue weighted by Crippen LogP contribution is 2.38. The fourth-order valence-electron chi connectivity index (χ4n) is 1.48. The van der Waals surface area contributed by atoms with Crippen LogP contribution in [0.15, 0.2) is 0 Å². The van der Waals surface area contributed by atoms with Gasteiger partial charge < -0.3 is 15.7 Å². The molecule has 0 spiro atoms. The van der Waals surface area contributed by atoms with E-state index in [1.54, 1.807) is 6.92 Å². The first-order valence-electron chi connectivity index (χ1n) is 5.71. The monoisotopic (exact) mass is 628 g/mol. The fraction of sp³-hybridized carbons (Fsp3) is 0.250. The standard InChI is InChI=1S/C12H11I3N2O4/c1-3-5(19)17-11-8(14)6(12(20)21)7(13)10(9(11)15)16-4(2)18/h3H2,1-2H3,(H,16,18)(H,17,19)(H,20,21). The van der Waals surface area contributed by atoms with E-state index in [4.69, 9.17) is 0 Å². The highest BCUT2D eigenvalue weighted by molar-refractivity contribution is 14.1. The molecule has 0 radical (unpaired) electrons. The Morgan fingerprint density at radius 3 is 1.86 bits per heavy atom. The van der Waals surface area contributed by atoms with E-state index in [-0.39, 0.29) is 23.8 Å². The van der Waals surface area contributed by atoms with Gasteiger partial charge in [0.25, 0.3) is 0 Å². The number of carboxylic acids is 1. The predicted octanol–water partition coefficient (Wildman–Crippen LogP) is 3.51. The number of carbonyl (C=O) groups excluding carboxylic acids is 2. The number of hydrogen-bond acceptors (Lipinski definition) is 3. The number of carboxylic acid groups (broad SMARTS) is 1. The summed E-state index contributed by atoms with van der Waals surface area (Å²) in [6.07, 6.45) is 0.274. The van der Waals surface area contributed by atoms with E-state index in [2.05, 4.69) is 10.6 Å². The molecule has 6 nitrogen and oxygen atoms in total. The SMILES string of the molecule is CCC(=O)Nc1c(I)c(NC(C)=O)c(I)c(C(=O)O)c1I. The quantitative estimate of drug-likeness (QED) is 0.446. The molecule has 0 saturated carbocycles. The van der Waals surface area contributed by atoms with E-state index in [0.717, 1.165) is 0 Å². The lowest BCUT2D eigenvalue weighted by molar-refractivity contribution is -0.116. The summed E-state index contributed by atoms with van der Waals surface area (Å²) >= 11 is 5.76. The normalized spacial score (nSPS) is 10.1. The van der Waals surface area contributed by atoms with Gasteiger partial charge in [-0.2, -0.15) is 0 Å². The van der Waals surface area contributed by atoms with Crippen molar-refractivity contribution in [1.82, 2.24) is 0 Å². The zero-order valence-electron chi connectivity index (χ0n) is 11.0. The maximum Gasteiger partial charge on any atom is 0.338 e. The van der Waals surface area contributed by atoms with Crippen LogP contribution in [0.2, 0.25) is 0 Å². The first-order chi connectivity index (χ1) is 9.70. The van der Waals surface area contributed by atoms with Crippen LogP contribution in [0.25, 0.3) is 0 Å². The minimum Gasteiger partial charge on any atom is -0.478 e. The van der Waals surface area contributed by atoms with Gasteiger partial charge in [-0.25, -0.2) is 4.79 Å². The number of benzene rings is 1. The van der Waals surface area contributed by atoms with Crippen LogP contribution in [0.3, 0.4) is 0 Å². The largest absolute Gasteiger partial charge is 0.478 e. The summed E-state index contributed by atoms with van der Waals surface area (Å²) < 4.78 is 1.46. The summed E-state index contributed by atoms with van der Waals surface area (Å²) in [6.45, 7) is 3.05. The number of carbonyl (C=O) groups is 3. The van der Waals surface area contributed by atoms with Crippen LogP contribution in [0.5, 0.6) is 0 Å². The molecule has 2 amide bonds. The molecule has 1 aromatic rings. The smallest absolute Gasteiger partial charge is 0.338 e. The molecule has 21 heavy (non-hydrogen) atoms. The third-order valence-corrected chi connectivity index (χ3v) is 5.65. The van der Waals surface area contributed by atoms with Crippen molar-refractivity contribution in [2.75, 3.05) is 10.6 Å². The van der Waals surface area contributed by atoms with E-state index in [1.165, 1.54) is 6.92 Å². The highest BCUT2D eigenvalue weighted by Gasteiger charge is 2.25. The van der Waals surface area contributed by atoms with Gasteiger partial charge in [0.15, 0.2) is 0 Å². The Morgan fingerprint density at radius 2 is 1.48 bits per heavy atom. The molecule has 0 aliphatic rings. The zero-order valence-corrected chi connectivity index (χ0v) is 17.5. The molecule has 0 aliphatic heterocycles. The first kappa shape index (κ1) is 18.9. The van der Waals surface area contributed by atoms with E-state index >= 15 is 0 Å². The van der Waals surface area contributed by atoms with Crippen molar-refractivity contribution >= 4 is 96.9 Å². The lowest BCUT2D eigenvalue weighted by Gasteiger charge is -2.18. The third kappa shape index (κ3) is 4.40. The summed E-state index contributed by atoms with van der Waals surface area (Å²) in [5.41, 5.74) is 0.865. The Hall–Kier alpha value is -0.180. The molecule has 0 bridgehead atoms. The summed E-state index contributed by atoms with van der Waals surface area (Å²) in [5, 5.41) is 14.7. The van der Waals surface area contributed by atoms with E-state index < -0.39 is 5.97 Å². The first-order valence-corrected chi connectivity index (χ1v) is 8.95. The number of anilines is 2. The number of aromatic carboxylic acids is 1. The molecule has 0 heterocycles. The van der Waals surface area contributed by atoms with Gasteiger partial charge in [0, 0.05) is 13.3 Å². The molecular weight excluding hydrogens is 617 g/mol. The van der Waals surface area contributed by atoms with Gasteiger partial charge in [-0.15, -0.1) is 0 Å². The van der Waals surface area contributed by atoms with Crippen molar-refractivity contribution in [2.24, 2.45) is 0 Å². The van der Waals surface area contributed by atoms with Gasteiger partial charge in [0.05, 0.1) is 27.6 Å². The second kappa shape index (κ2) is 7.89. The molecule has 0 aliphatic carbocycles. The molecule has 1 rings (SSSR count). The maximum absolute atomic E-state index is 11.6. The average molecular weight is 628 g/mol. The number of hydrogen-bond donors (Lipinski definition) is 3. The second-order valence-electron chi connectivity index (χ2n) is 3.96. The van der Waals surface area contributed by atoms with Crippen LogP contribution < -0.4 is 10.6 Å².